The van der Waals surface area contributed by atoms with E-state index in [1.807, 2.05) is 0 Å². The number of hydrogen-bond acceptors (Lipinski definition) is 6. The number of carbonyl (C=O) groups excluding carboxylic acids is 1. The van der Waals surface area contributed by atoms with E-state index in [-0.39, 0.29) is 16.6 Å². The van der Waals surface area contributed by atoms with E-state index >= 15 is 0 Å². The van der Waals surface area contributed by atoms with E-state index in [0.29, 0.717) is 23.2 Å². The van der Waals surface area contributed by atoms with Gasteiger partial charge in [0.2, 0.25) is 0 Å². The molecule has 0 spiro atoms. The molecule has 6 heteroatoms. The molecule has 0 radical (unpaired) electrons. The monoisotopic (exact) mass is 283 g/mol. The summed E-state index contributed by atoms with van der Waals surface area (Å²) in [5.74, 6) is -0.172. The smallest absolute Gasteiger partial charge is 0.344 e. The summed E-state index contributed by atoms with van der Waals surface area (Å²) in [5.41, 5.74) is 6.48. The fourth-order valence-electron chi connectivity index (χ4n) is 2.49. The minimum absolute atomic E-state index is 0.178. The van der Waals surface area contributed by atoms with Crippen molar-refractivity contribution in [1.82, 2.24) is 4.37 Å². The number of anilines is 2. The first-order valence-electron chi connectivity index (χ1n) is 6.42. The van der Waals surface area contributed by atoms with Crippen molar-refractivity contribution < 1.29 is 9.53 Å². The molecule has 2 rings (SSSR count). The zero-order valence-corrected chi connectivity index (χ0v) is 12.9. The summed E-state index contributed by atoms with van der Waals surface area (Å²) in [6.07, 6.45) is 0. The van der Waals surface area contributed by atoms with E-state index in [2.05, 4.69) is 37.4 Å². The molecule has 0 unspecified atom stereocenters. The first-order chi connectivity index (χ1) is 8.73. The largest absolute Gasteiger partial charge is 0.462 e. The van der Waals surface area contributed by atoms with Crippen LogP contribution in [0.3, 0.4) is 0 Å². The molecule has 1 saturated carbocycles. The highest BCUT2D eigenvalue weighted by molar-refractivity contribution is 7.11. The second-order valence-corrected chi connectivity index (χ2v) is 6.79. The van der Waals surface area contributed by atoms with Gasteiger partial charge in [-0.25, -0.2) is 4.79 Å². The fourth-order valence-corrected chi connectivity index (χ4v) is 3.22. The van der Waals surface area contributed by atoms with Crippen LogP contribution < -0.4 is 11.1 Å². The predicted octanol–water partition coefficient (Wildman–Crippen LogP) is 2.75. The molecule has 5 nitrogen and oxygen atoms in total. The zero-order chi connectivity index (χ0) is 14.4. The van der Waals surface area contributed by atoms with Crippen molar-refractivity contribution in [3.8, 4) is 0 Å². The average Bonchev–Trinajstić information content (AvgIpc) is 2.62. The summed E-state index contributed by atoms with van der Waals surface area (Å²) >= 11 is 1.21. The number of nitrogens with zero attached hydrogens (tertiary/aromatic N) is 1. The van der Waals surface area contributed by atoms with Crippen LogP contribution >= 0.6 is 11.5 Å². The number of carbonyl (C=O) groups is 1. The lowest BCUT2D eigenvalue weighted by atomic mass is 10.0. The van der Waals surface area contributed by atoms with E-state index in [1.54, 1.807) is 6.92 Å². The van der Waals surface area contributed by atoms with Crippen molar-refractivity contribution in [2.24, 2.45) is 10.8 Å². The lowest BCUT2D eigenvalue weighted by Gasteiger charge is -2.08. The maximum atomic E-state index is 11.9. The Kier molecular flexibility index (Phi) is 3.24. The summed E-state index contributed by atoms with van der Waals surface area (Å²) in [7, 11) is 0. The molecule has 1 fully saturated rings. The van der Waals surface area contributed by atoms with Crippen molar-refractivity contribution >= 4 is 28.3 Å². The van der Waals surface area contributed by atoms with Gasteiger partial charge in [0.15, 0.2) is 5.82 Å². The van der Waals surface area contributed by atoms with Crippen LogP contribution in [0, 0.1) is 10.8 Å². The van der Waals surface area contributed by atoms with Gasteiger partial charge >= 0.3 is 5.97 Å². The number of nitrogens with one attached hydrogen (secondary N) is 1. The zero-order valence-electron chi connectivity index (χ0n) is 12.0. The van der Waals surface area contributed by atoms with Crippen LogP contribution in [-0.2, 0) is 4.74 Å². The predicted molar refractivity (Wildman–Crippen MR) is 77.5 cm³/mol. The SMILES string of the molecule is CCOC(=O)c1c(N)nsc1NC1C(C)(C)C1(C)C. The van der Waals surface area contributed by atoms with Gasteiger partial charge < -0.3 is 15.8 Å². The van der Waals surface area contributed by atoms with Crippen molar-refractivity contribution in [2.75, 3.05) is 17.7 Å². The van der Waals surface area contributed by atoms with E-state index in [9.17, 15) is 4.79 Å². The lowest BCUT2D eigenvalue weighted by molar-refractivity contribution is 0.0529. The minimum Gasteiger partial charge on any atom is -0.462 e. The molecule has 106 valence electrons. The average molecular weight is 283 g/mol. The van der Waals surface area contributed by atoms with Gasteiger partial charge in [0, 0.05) is 6.04 Å². The molecular formula is C13H21N3O2S. The van der Waals surface area contributed by atoms with Crippen LogP contribution in [0.4, 0.5) is 10.8 Å². The highest BCUT2D eigenvalue weighted by atomic mass is 32.1. The standard InChI is InChI=1S/C13H21N3O2S/c1-6-18-10(17)7-8(14)16-19-9(7)15-11-12(2,3)13(11,4)5/h11,15H,6H2,1-5H3,(H2,14,16). The van der Waals surface area contributed by atoms with E-state index in [4.69, 9.17) is 10.5 Å². The van der Waals surface area contributed by atoms with Crippen LogP contribution in [0.1, 0.15) is 45.0 Å². The Balaban J connectivity index is 2.22. The number of esters is 1. The van der Waals surface area contributed by atoms with Gasteiger partial charge in [-0.15, -0.1) is 0 Å². The molecule has 1 aliphatic rings. The maximum absolute atomic E-state index is 11.9. The third-order valence-corrected chi connectivity index (χ3v) is 5.29. The Hall–Kier alpha value is -1.30. The first kappa shape index (κ1) is 14.1. The number of ether oxygens (including phenoxy) is 1. The van der Waals surface area contributed by atoms with E-state index < -0.39 is 5.97 Å². The van der Waals surface area contributed by atoms with Crippen molar-refractivity contribution in [1.29, 1.82) is 0 Å². The van der Waals surface area contributed by atoms with Gasteiger partial charge in [-0.05, 0) is 29.3 Å². The van der Waals surface area contributed by atoms with Crippen molar-refractivity contribution in [3.05, 3.63) is 5.56 Å². The molecule has 1 aromatic heterocycles. The normalized spacial score (nSPS) is 20.1. The van der Waals surface area contributed by atoms with Gasteiger partial charge in [0.05, 0.1) is 6.61 Å². The van der Waals surface area contributed by atoms with Crippen LogP contribution in [-0.4, -0.2) is 23.0 Å². The summed E-state index contributed by atoms with van der Waals surface area (Å²) in [4.78, 5) is 11.9. The second-order valence-electron chi connectivity index (χ2n) is 6.01. The molecular weight excluding hydrogens is 262 g/mol. The van der Waals surface area contributed by atoms with Gasteiger partial charge in [0.25, 0.3) is 0 Å². The minimum atomic E-state index is -0.410. The van der Waals surface area contributed by atoms with Gasteiger partial charge in [-0.3, -0.25) is 0 Å². The van der Waals surface area contributed by atoms with Gasteiger partial charge in [-0.1, -0.05) is 27.7 Å². The highest BCUT2D eigenvalue weighted by Crippen LogP contribution is 2.64. The van der Waals surface area contributed by atoms with Crippen LogP contribution in [0.5, 0.6) is 0 Å². The molecule has 0 aromatic carbocycles. The van der Waals surface area contributed by atoms with Crippen LogP contribution in [0.15, 0.2) is 0 Å². The molecule has 0 amide bonds. The number of nitrogen functional groups attached to an aromatic ring is 1. The number of hydrogen-bond donors (Lipinski definition) is 2. The molecule has 3 N–H and O–H groups in total. The third-order valence-electron chi connectivity index (χ3n) is 4.49. The third kappa shape index (κ3) is 2.08. The molecule has 1 aliphatic carbocycles. The Morgan fingerprint density at radius 2 is 2.00 bits per heavy atom. The second kappa shape index (κ2) is 4.37. The van der Waals surface area contributed by atoms with E-state index in [0.717, 1.165) is 0 Å². The molecule has 0 bridgehead atoms. The van der Waals surface area contributed by atoms with Gasteiger partial charge in [-0.2, -0.15) is 4.37 Å². The summed E-state index contributed by atoms with van der Waals surface area (Å²) in [6, 6.07) is 0.299. The molecule has 1 aromatic rings. The summed E-state index contributed by atoms with van der Waals surface area (Å²) in [5, 5.41) is 4.11. The Morgan fingerprint density at radius 1 is 1.42 bits per heavy atom. The summed E-state index contributed by atoms with van der Waals surface area (Å²) < 4.78 is 9.07. The number of aromatic nitrogens is 1. The van der Waals surface area contributed by atoms with E-state index in [1.165, 1.54) is 11.5 Å². The van der Waals surface area contributed by atoms with Crippen LogP contribution in [0.25, 0.3) is 0 Å². The Morgan fingerprint density at radius 3 is 2.47 bits per heavy atom. The molecule has 0 aliphatic heterocycles. The highest BCUT2D eigenvalue weighted by Gasteiger charge is 2.65. The quantitative estimate of drug-likeness (QED) is 0.831. The van der Waals surface area contributed by atoms with Gasteiger partial charge in [0.1, 0.15) is 10.6 Å². The maximum Gasteiger partial charge on any atom is 0.344 e. The number of rotatable bonds is 4. The summed E-state index contributed by atoms with van der Waals surface area (Å²) in [6.45, 7) is 10.9. The van der Waals surface area contributed by atoms with Crippen molar-refractivity contribution in [3.63, 3.8) is 0 Å². The topological polar surface area (TPSA) is 77.2 Å². The lowest BCUT2D eigenvalue weighted by Crippen LogP contribution is -2.14. The molecule has 0 atom stereocenters. The molecule has 0 saturated heterocycles. The number of nitrogens with two attached hydrogens (primary N) is 1. The molecule has 19 heavy (non-hydrogen) atoms. The molecule has 1 heterocycles. The first-order valence-corrected chi connectivity index (χ1v) is 7.19. The fraction of sp³-hybridized carbons (Fsp3) is 0.692. The Bertz CT molecular complexity index is 494. The Labute approximate surface area is 117 Å². The van der Waals surface area contributed by atoms with Crippen molar-refractivity contribution in [2.45, 2.75) is 40.7 Å². The van der Waals surface area contributed by atoms with Crippen LogP contribution in [0.2, 0.25) is 0 Å².